The number of anilines is 2. The maximum absolute atomic E-state index is 11.6. The zero-order chi connectivity index (χ0) is 14.3. The standard InChI is InChI=1S/C13H22N4O2/c1-4-17(5-2)7-6-15-11-9-16-12(14)8-10(11)13(18)19-3/h8-9,15H,4-7H2,1-3H3,(H2,14,16). The van der Waals surface area contributed by atoms with Crippen LogP contribution in [0.4, 0.5) is 11.5 Å². The van der Waals surface area contributed by atoms with Gasteiger partial charge >= 0.3 is 5.97 Å². The zero-order valence-corrected chi connectivity index (χ0v) is 11.8. The van der Waals surface area contributed by atoms with Gasteiger partial charge in [0.25, 0.3) is 0 Å². The van der Waals surface area contributed by atoms with Gasteiger partial charge in [0, 0.05) is 13.1 Å². The van der Waals surface area contributed by atoms with E-state index in [4.69, 9.17) is 10.5 Å². The largest absolute Gasteiger partial charge is 0.465 e. The Labute approximate surface area is 113 Å². The Morgan fingerprint density at radius 1 is 1.47 bits per heavy atom. The lowest BCUT2D eigenvalue weighted by atomic mass is 10.2. The number of nitrogens with one attached hydrogen (secondary N) is 1. The van der Waals surface area contributed by atoms with Crippen molar-refractivity contribution >= 4 is 17.5 Å². The van der Waals surface area contributed by atoms with Crippen LogP contribution in [0, 0.1) is 0 Å². The van der Waals surface area contributed by atoms with E-state index < -0.39 is 5.97 Å². The molecule has 0 radical (unpaired) electrons. The van der Waals surface area contributed by atoms with Gasteiger partial charge in [0.2, 0.25) is 0 Å². The number of likely N-dealkylation sites (N-methyl/N-ethyl adjacent to an activating group) is 1. The van der Waals surface area contributed by atoms with Crippen LogP contribution in [0.5, 0.6) is 0 Å². The highest BCUT2D eigenvalue weighted by Crippen LogP contribution is 2.17. The van der Waals surface area contributed by atoms with Crippen LogP contribution in [-0.4, -0.2) is 49.1 Å². The molecule has 0 aromatic carbocycles. The molecule has 1 aromatic rings. The lowest BCUT2D eigenvalue weighted by Gasteiger charge is -2.19. The summed E-state index contributed by atoms with van der Waals surface area (Å²) in [5, 5.41) is 3.19. The number of rotatable bonds is 7. The third-order valence-corrected chi connectivity index (χ3v) is 2.97. The first-order valence-electron chi connectivity index (χ1n) is 6.42. The third kappa shape index (κ3) is 4.40. The highest BCUT2D eigenvalue weighted by Gasteiger charge is 2.12. The van der Waals surface area contributed by atoms with Crippen LogP contribution in [0.3, 0.4) is 0 Å². The summed E-state index contributed by atoms with van der Waals surface area (Å²) < 4.78 is 4.73. The number of ether oxygens (including phenoxy) is 1. The fourth-order valence-corrected chi connectivity index (χ4v) is 1.78. The van der Waals surface area contributed by atoms with E-state index in [9.17, 15) is 4.79 Å². The van der Waals surface area contributed by atoms with E-state index in [1.54, 1.807) is 6.20 Å². The molecule has 3 N–H and O–H groups in total. The van der Waals surface area contributed by atoms with Gasteiger partial charge in [0.05, 0.1) is 24.6 Å². The summed E-state index contributed by atoms with van der Waals surface area (Å²) in [6, 6.07) is 1.52. The second-order valence-corrected chi connectivity index (χ2v) is 4.10. The number of carbonyl (C=O) groups excluding carboxylic acids is 1. The number of carbonyl (C=O) groups is 1. The summed E-state index contributed by atoms with van der Waals surface area (Å²) in [6.07, 6.45) is 1.56. The van der Waals surface area contributed by atoms with Crippen LogP contribution < -0.4 is 11.1 Å². The molecule has 0 atom stereocenters. The molecule has 6 heteroatoms. The van der Waals surface area contributed by atoms with Crippen LogP contribution in [0.15, 0.2) is 12.3 Å². The Morgan fingerprint density at radius 3 is 2.74 bits per heavy atom. The summed E-state index contributed by atoms with van der Waals surface area (Å²) in [7, 11) is 1.35. The van der Waals surface area contributed by atoms with E-state index in [1.807, 2.05) is 0 Å². The van der Waals surface area contributed by atoms with Crippen molar-refractivity contribution in [3.63, 3.8) is 0 Å². The van der Waals surface area contributed by atoms with E-state index in [-0.39, 0.29) is 0 Å². The Hall–Kier alpha value is -1.82. The van der Waals surface area contributed by atoms with E-state index in [2.05, 4.69) is 29.0 Å². The molecule has 0 saturated heterocycles. The van der Waals surface area contributed by atoms with Gasteiger partial charge in [-0.1, -0.05) is 13.8 Å². The summed E-state index contributed by atoms with van der Waals surface area (Å²) in [5.74, 6) is -0.117. The minimum absolute atomic E-state index is 0.301. The topological polar surface area (TPSA) is 80.5 Å². The average Bonchev–Trinajstić information content (AvgIpc) is 2.44. The van der Waals surface area contributed by atoms with Crippen molar-refractivity contribution in [2.75, 3.05) is 44.3 Å². The van der Waals surface area contributed by atoms with E-state index >= 15 is 0 Å². The molecule has 0 aliphatic heterocycles. The molecule has 0 saturated carbocycles. The minimum Gasteiger partial charge on any atom is -0.465 e. The highest BCUT2D eigenvalue weighted by molar-refractivity contribution is 5.96. The molecule has 1 aromatic heterocycles. The van der Waals surface area contributed by atoms with Crippen molar-refractivity contribution in [2.24, 2.45) is 0 Å². The van der Waals surface area contributed by atoms with Crippen LogP contribution in [0.2, 0.25) is 0 Å². The molecule has 6 nitrogen and oxygen atoms in total. The summed E-state index contributed by atoms with van der Waals surface area (Å²) >= 11 is 0. The summed E-state index contributed by atoms with van der Waals surface area (Å²) in [5.41, 5.74) is 6.64. The normalized spacial score (nSPS) is 10.5. The molecule has 1 rings (SSSR count). The molecule has 0 spiro atoms. The fourth-order valence-electron chi connectivity index (χ4n) is 1.78. The van der Waals surface area contributed by atoms with E-state index in [0.717, 1.165) is 26.2 Å². The quantitative estimate of drug-likeness (QED) is 0.722. The van der Waals surface area contributed by atoms with Crippen LogP contribution in [-0.2, 0) is 4.74 Å². The molecule has 0 aliphatic carbocycles. The number of esters is 1. The Bertz CT molecular complexity index is 419. The highest BCUT2D eigenvalue weighted by atomic mass is 16.5. The second-order valence-electron chi connectivity index (χ2n) is 4.10. The van der Waals surface area contributed by atoms with E-state index in [1.165, 1.54) is 13.2 Å². The van der Waals surface area contributed by atoms with Crippen molar-refractivity contribution in [2.45, 2.75) is 13.8 Å². The molecule has 0 unspecified atom stereocenters. The van der Waals surface area contributed by atoms with Gasteiger partial charge in [-0.05, 0) is 19.2 Å². The minimum atomic E-state index is -0.417. The smallest absolute Gasteiger partial charge is 0.340 e. The number of pyridine rings is 1. The first kappa shape index (κ1) is 15.2. The van der Waals surface area contributed by atoms with Crippen molar-refractivity contribution in [3.8, 4) is 0 Å². The monoisotopic (exact) mass is 266 g/mol. The van der Waals surface area contributed by atoms with Gasteiger partial charge in [-0.2, -0.15) is 0 Å². The predicted molar refractivity (Wildman–Crippen MR) is 76.3 cm³/mol. The fraction of sp³-hybridized carbons (Fsp3) is 0.538. The van der Waals surface area contributed by atoms with Crippen LogP contribution in [0.25, 0.3) is 0 Å². The van der Waals surface area contributed by atoms with Crippen LogP contribution in [0.1, 0.15) is 24.2 Å². The predicted octanol–water partition coefficient (Wildman–Crippen LogP) is 1.20. The zero-order valence-electron chi connectivity index (χ0n) is 11.8. The molecular formula is C13H22N4O2. The van der Waals surface area contributed by atoms with Crippen LogP contribution >= 0.6 is 0 Å². The number of hydrogen-bond donors (Lipinski definition) is 2. The number of aromatic nitrogens is 1. The molecule has 0 bridgehead atoms. The van der Waals surface area contributed by atoms with Gasteiger partial charge in [0.1, 0.15) is 5.82 Å². The van der Waals surface area contributed by atoms with Crippen molar-refractivity contribution in [3.05, 3.63) is 17.8 Å². The molecule has 0 aliphatic rings. The van der Waals surface area contributed by atoms with Gasteiger partial charge in [-0.15, -0.1) is 0 Å². The van der Waals surface area contributed by atoms with Gasteiger partial charge in [-0.25, -0.2) is 9.78 Å². The Balaban J connectivity index is 2.69. The number of nitrogens with zero attached hydrogens (tertiary/aromatic N) is 2. The first-order valence-corrected chi connectivity index (χ1v) is 6.42. The van der Waals surface area contributed by atoms with Gasteiger partial charge in [-0.3, -0.25) is 0 Å². The van der Waals surface area contributed by atoms with Crippen molar-refractivity contribution in [1.29, 1.82) is 0 Å². The van der Waals surface area contributed by atoms with E-state index in [0.29, 0.717) is 17.1 Å². The number of hydrogen-bond acceptors (Lipinski definition) is 6. The second kappa shape index (κ2) is 7.58. The SMILES string of the molecule is CCN(CC)CCNc1cnc(N)cc1C(=O)OC. The van der Waals surface area contributed by atoms with Crippen molar-refractivity contribution < 1.29 is 9.53 Å². The molecule has 19 heavy (non-hydrogen) atoms. The maximum Gasteiger partial charge on any atom is 0.340 e. The Kier molecular flexibility index (Phi) is 6.08. The molecular weight excluding hydrogens is 244 g/mol. The number of nitrogens with two attached hydrogens (primary N) is 1. The third-order valence-electron chi connectivity index (χ3n) is 2.97. The van der Waals surface area contributed by atoms with Crippen molar-refractivity contribution in [1.82, 2.24) is 9.88 Å². The van der Waals surface area contributed by atoms with Gasteiger partial charge < -0.3 is 20.7 Å². The lowest BCUT2D eigenvalue weighted by Crippen LogP contribution is -2.29. The average molecular weight is 266 g/mol. The molecule has 0 fully saturated rings. The first-order chi connectivity index (χ1) is 9.12. The Morgan fingerprint density at radius 2 is 2.16 bits per heavy atom. The maximum atomic E-state index is 11.6. The molecule has 1 heterocycles. The molecule has 0 amide bonds. The number of nitrogen functional groups attached to an aromatic ring is 1. The summed E-state index contributed by atoms with van der Waals surface area (Å²) in [4.78, 5) is 17.9. The lowest BCUT2D eigenvalue weighted by molar-refractivity contribution is 0.0601. The number of methoxy groups -OCH3 is 1. The molecule has 106 valence electrons. The van der Waals surface area contributed by atoms with Gasteiger partial charge in [0.15, 0.2) is 0 Å². The summed E-state index contributed by atoms with van der Waals surface area (Å²) in [6.45, 7) is 7.88.